The molecule has 0 amide bonds. The van der Waals surface area contributed by atoms with E-state index < -0.39 is 10.4 Å². The van der Waals surface area contributed by atoms with E-state index in [1.54, 1.807) is 0 Å². The van der Waals surface area contributed by atoms with E-state index >= 15 is 0 Å². The Hall–Kier alpha value is -0.250. The molecule has 86 valence electrons. The molecular weight excluding hydrogens is 214 g/mol. The van der Waals surface area contributed by atoms with Gasteiger partial charge in [0.1, 0.15) is 0 Å². The summed E-state index contributed by atoms with van der Waals surface area (Å²) in [6, 6.07) is 0. The highest BCUT2D eigenvalue weighted by Gasteiger charge is 2.13. The van der Waals surface area contributed by atoms with Crippen LogP contribution in [0.4, 0.5) is 0 Å². The zero-order valence-corrected chi connectivity index (χ0v) is 8.99. The zero-order valence-electron chi connectivity index (χ0n) is 8.17. The van der Waals surface area contributed by atoms with Crippen molar-refractivity contribution in [3.63, 3.8) is 0 Å². The van der Waals surface area contributed by atoms with E-state index in [9.17, 15) is 8.42 Å². The Morgan fingerprint density at radius 1 is 1.14 bits per heavy atom. The van der Waals surface area contributed by atoms with Crippen LogP contribution in [0.1, 0.15) is 0 Å². The second kappa shape index (κ2) is 7.10. The van der Waals surface area contributed by atoms with Gasteiger partial charge >= 0.3 is 10.4 Å². The predicted octanol–water partition coefficient (Wildman–Crippen LogP) is -0.684. The van der Waals surface area contributed by atoms with E-state index in [1.165, 1.54) is 14.2 Å². The van der Waals surface area contributed by atoms with Crippen molar-refractivity contribution >= 4 is 10.4 Å². The number of hydrogen-bond acceptors (Lipinski definition) is 6. The van der Waals surface area contributed by atoms with Crippen LogP contribution < -0.4 is 0 Å². The van der Waals surface area contributed by atoms with E-state index in [4.69, 9.17) is 14.0 Å². The Kier molecular flexibility index (Phi) is 6.97. The third-order valence-corrected chi connectivity index (χ3v) is 1.69. The van der Waals surface area contributed by atoms with Gasteiger partial charge in [-0.15, -0.1) is 0 Å². The van der Waals surface area contributed by atoms with Crippen LogP contribution in [-0.4, -0.2) is 58.6 Å². The highest BCUT2D eigenvalue weighted by atomic mass is 32.3. The molecule has 0 aromatic carbocycles. The molecule has 0 aromatic rings. The lowest BCUT2D eigenvalue weighted by atomic mass is 10.6. The fourth-order valence-corrected chi connectivity index (χ4v) is 1.12. The average Bonchev–Trinajstić information content (AvgIpc) is 2.07. The summed E-state index contributed by atoms with van der Waals surface area (Å²) < 4.78 is 42.9. The van der Waals surface area contributed by atoms with E-state index in [0.717, 1.165) is 5.06 Å². The Morgan fingerprint density at radius 3 is 1.86 bits per heavy atom. The van der Waals surface area contributed by atoms with Gasteiger partial charge in [-0.3, -0.25) is 4.55 Å². The van der Waals surface area contributed by atoms with Gasteiger partial charge in [0, 0.05) is 27.3 Å². The molecule has 0 bridgehead atoms. The SMILES string of the molecule is COCCN(CCOC)OS(=O)(=O)O. The van der Waals surface area contributed by atoms with Crippen molar-refractivity contribution < 1.29 is 26.7 Å². The monoisotopic (exact) mass is 229 g/mol. The minimum Gasteiger partial charge on any atom is -0.383 e. The van der Waals surface area contributed by atoms with Crippen LogP contribution in [0.5, 0.6) is 0 Å². The van der Waals surface area contributed by atoms with Crippen LogP contribution in [0.25, 0.3) is 0 Å². The second-order valence-electron chi connectivity index (χ2n) is 2.42. The topological polar surface area (TPSA) is 85.3 Å². The average molecular weight is 229 g/mol. The molecule has 0 unspecified atom stereocenters. The maximum absolute atomic E-state index is 10.4. The minimum atomic E-state index is -4.47. The standard InChI is InChI=1S/C6H15NO6S/c1-11-5-3-7(4-6-12-2)13-14(8,9)10/h3-6H2,1-2H3,(H,8,9,10). The number of nitrogens with zero attached hydrogens (tertiary/aromatic N) is 1. The largest absolute Gasteiger partial charge is 0.413 e. The van der Waals surface area contributed by atoms with Crippen LogP contribution in [-0.2, 0) is 24.2 Å². The van der Waals surface area contributed by atoms with Crippen LogP contribution >= 0.6 is 0 Å². The summed E-state index contributed by atoms with van der Waals surface area (Å²) in [7, 11) is -1.52. The maximum atomic E-state index is 10.4. The minimum absolute atomic E-state index is 0.222. The lowest BCUT2D eigenvalue weighted by molar-refractivity contribution is -0.0839. The quantitative estimate of drug-likeness (QED) is 0.435. The van der Waals surface area contributed by atoms with Crippen molar-refractivity contribution in [1.29, 1.82) is 0 Å². The van der Waals surface area contributed by atoms with Crippen molar-refractivity contribution in [3.05, 3.63) is 0 Å². The molecule has 0 atom stereocenters. The third-order valence-electron chi connectivity index (χ3n) is 1.29. The Balaban J connectivity index is 3.96. The van der Waals surface area contributed by atoms with Gasteiger partial charge < -0.3 is 9.47 Å². The normalized spacial score (nSPS) is 12.3. The maximum Gasteiger partial charge on any atom is 0.413 e. The molecule has 0 heterocycles. The third kappa shape index (κ3) is 8.35. The molecule has 7 nitrogen and oxygen atoms in total. The molecule has 8 heteroatoms. The molecule has 0 rings (SSSR count). The number of hydrogen-bond donors (Lipinski definition) is 1. The van der Waals surface area contributed by atoms with Crippen molar-refractivity contribution in [2.75, 3.05) is 40.5 Å². The zero-order chi connectivity index (χ0) is 11.0. The Labute approximate surface area is 83.5 Å². The summed E-state index contributed by atoms with van der Waals surface area (Å²) in [5, 5.41) is 1.04. The Morgan fingerprint density at radius 2 is 1.57 bits per heavy atom. The summed E-state index contributed by atoms with van der Waals surface area (Å²) in [5.41, 5.74) is 0. The van der Waals surface area contributed by atoms with E-state index in [2.05, 4.69) is 4.28 Å². The van der Waals surface area contributed by atoms with Gasteiger partial charge in [0.15, 0.2) is 0 Å². The number of ether oxygens (including phenoxy) is 2. The summed E-state index contributed by atoms with van der Waals surface area (Å²) in [6.07, 6.45) is 0. The van der Waals surface area contributed by atoms with Gasteiger partial charge in [0.2, 0.25) is 0 Å². The summed E-state index contributed by atoms with van der Waals surface area (Å²) in [5.74, 6) is 0. The first-order chi connectivity index (χ1) is 6.49. The first kappa shape index (κ1) is 13.8. The highest BCUT2D eigenvalue weighted by Crippen LogP contribution is 1.96. The molecule has 0 saturated carbocycles. The molecule has 14 heavy (non-hydrogen) atoms. The van der Waals surface area contributed by atoms with Crippen molar-refractivity contribution in [3.8, 4) is 0 Å². The van der Waals surface area contributed by atoms with Gasteiger partial charge in [0.05, 0.1) is 13.2 Å². The van der Waals surface area contributed by atoms with Gasteiger partial charge in [-0.25, -0.2) is 0 Å². The number of methoxy groups -OCH3 is 2. The number of hydroxylamine groups is 2. The van der Waals surface area contributed by atoms with Crippen LogP contribution in [0.3, 0.4) is 0 Å². The lowest BCUT2D eigenvalue weighted by Crippen LogP contribution is -2.33. The smallest absolute Gasteiger partial charge is 0.383 e. The fraction of sp³-hybridized carbons (Fsp3) is 1.00. The molecule has 0 saturated heterocycles. The van der Waals surface area contributed by atoms with Crippen molar-refractivity contribution in [1.82, 2.24) is 5.06 Å². The first-order valence-corrected chi connectivity index (χ1v) is 5.26. The van der Waals surface area contributed by atoms with E-state index in [1.807, 2.05) is 0 Å². The van der Waals surface area contributed by atoms with Gasteiger partial charge in [0.25, 0.3) is 0 Å². The van der Waals surface area contributed by atoms with Crippen LogP contribution in [0.15, 0.2) is 0 Å². The molecule has 0 spiro atoms. The lowest BCUT2D eigenvalue weighted by Gasteiger charge is -2.17. The van der Waals surface area contributed by atoms with Gasteiger partial charge in [-0.1, -0.05) is 0 Å². The summed E-state index contributed by atoms with van der Waals surface area (Å²) in [6.45, 7) is 1.03. The molecule has 1 N–H and O–H groups in total. The van der Waals surface area contributed by atoms with Crippen LogP contribution in [0, 0.1) is 0 Å². The molecule has 0 aromatic heterocycles. The van der Waals surface area contributed by atoms with E-state index in [0.29, 0.717) is 13.2 Å². The van der Waals surface area contributed by atoms with Crippen molar-refractivity contribution in [2.45, 2.75) is 0 Å². The molecular formula is C6H15NO6S. The van der Waals surface area contributed by atoms with Crippen molar-refractivity contribution in [2.24, 2.45) is 0 Å². The molecule has 0 aliphatic heterocycles. The number of rotatable bonds is 8. The van der Waals surface area contributed by atoms with E-state index in [-0.39, 0.29) is 13.1 Å². The van der Waals surface area contributed by atoms with Crippen LogP contribution in [0.2, 0.25) is 0 Å². The van der Waals surface area contributed by atoms with Gasteiger partial charge in [-0.2, -0.15) is 17.8 Å². The second-order valence-corrected chi connectivity index (χ2v) is 3.42. The molecule has 0 aliphatic carbocycles. The molecule has 0 aliphatic rings. The summed E-state index contributed by atoms with van der Waals surface area (Å²) >= 11 is 0. The molecule has 0 fully saturated rings. The fourth-order valence-electron chi connectivity index (χ4n) is 0.706. The first-order valence-electron chi connectivity index (χ1n) is 3.89. The van der Waals surface area contributed by atoms with Gasteiger partial charge in [-0.05, 0) is 0 Å². The Bertz CT molecular complexity index is 220. The highest BCUT2D eigenvalue weighted by molar-refractivity contribution is 7.80. The predicted molar refractivity (Wildman–Crippen MR) is 48.0 cm³/mol. The summed E-state index contributed by atoms with van der Waals surface area (Å²) in [4.78, 5) is 0. The molecule has 0 radical (unpaired) electrons.